The van der Waals surface area contributed by atoms with Crippen LogP contribution in [0.4, 0.5) is 0 Å². The highest BCUT2D eigenvalue weighted by Crippen LogP contribution is 2.01. The Kier molecular flexibility index (Phi) is 2.72. The number of nitrogens with two attached hydrogens (primary N) is 1. The van der Waals surface area contributed by atoms with Crippen LogP contribution in [-0.4, -0.2) is 11.4 Å². The zero-order valence-electron chi connectivity index (χ0n) is 7.83. The van der Waals surface area contributed by atoms with Crippen molar-refractivity contribution in [1.82, 2.24) is 5.32 Å². The fourth-order valence-electron chi connectivity index (χ4n) is 0.808. The minimum absolute atomic E-state index is 0.191. The number of hydrogen-bond donors (Lipinski definition) is 2. The summed E-state index contributed by atoms with van der Waals surface area (Å²) in [6.07, 6.45) is 1.56. The maximum Gasteiger partial charge on any atom is 0.239 e. The number of furan rings is 1. The Bertz CT molecular complexity index is 272. The van der Waals surface area contributed by atoms with Crippen molar-refractivity contribution in [3.8, 4) is 0 Å². The number of rotatable bonds is 3. The Balaban J connectivity index is 2.40. The van der Waals surface area contributed by atoms with Crippen molar-refractivity contribution in [1.29, 1.82) is 0 Å². The van der Waals surface area contributed by atoms with E-state index in [2.05, 4.69) is 5.32 Å². The molecule has 1 amide bonds. The van der Waals surface area contributed by atoms with E-state index in [0.29, 0.717) is 6.54 Å². The molecule has 0 saturated heterocycles. The molecule has 13 heavy (non-hydrogen) atoms. The third-order valence-corrected chi connectivity index (χ3v) is 1.59. The van der Waals surface area contributed by atoms with E-state index < -0.39 is 5.54 Å². The van der Waals surface area contributed by atoms with Crippen LogP contribution in [0.1, 0.15) is 19.6 Å². The quantitative estimate of drug-likeness (QED) is 0.720. The normalized spacial score (nSPS) is 11.3. The van der Waals surface area contributed by atoms with E-state index in [0.717, 1.165) is 5.76 Å². The molecule has 0 radical (unpaired) electrons. The first-order chi connectivity index (χ1) is 6.00. The molecule has 0 spiro atoms. The third kappa shape index (κ3) is 2.91. The molecule has 4 nitrogen and oxygen atoms in total. The van der Waals surface area contributed by atoms with Gasteiger partial charge in [0.25, 0.3) is 0 Å². The summed E-state index contributed by atoms with van der Waals surface area (Å²) in [6.45, 7) is 3.70. The van der Waals surface area contributed by atoms with Gasteiger partial charge in [-0.15, -0.1) is 0 Å². The highest BCUT2D eigenvalue weighted by molar-refractivity contribution is 5.84. The lowest BCUT2D eigenvalue weighted by Crippen LogP contribution is -2.48. The first-order valence-electron chi connectivity index (χ1n) is 4.10. The van der Waals surface area contributed by atoms with Gasteiger partial charge >= 0.3 is 0 Å². The van der Waals surface area contributed by atoms with E-state index in [4.69, 9.17) is 10.2 Å². The van der Waals surface area contributed by atoms with Gasteiger partial charge in [0.05, 0.1) is 18.3 Å². The average molecular weight is 182 g/mol. The molecule has 72 valence electrons. The standard InChI is InChI=1S/C9H14N2O2/c1-9(2,10)8(12)11-6-7-4-3-5-13-7/h3-5H,6,10H2,1-2H3,(H,11,12). The van der Waals surface area contributed by atoms with Gasteiger partial charge in [0.15, 0.2) is 0 Å². The molecule has 0 unspecified atom stereocenters. The second kappa shape index (κ2) is 3.62. The van der Waals surface area contributed by atoms with Gasteiger partial charge in [-0.2, -0.15) is 0 Å². The van der Waals surface area contributed by atoms with Gasteiger partial charge in [0.2, 0.25) is 5.91 Å². The molecule has 0 saturated carbocycles. The molecule has 4 heteroatoms. The fraction of sp³-hybridized carbons (Fsp3) is 0.444. The summed E-state index contributed by atoms with van der Waals surface area (Å²) in [7, 11) is 0. The Morgan fingerprint density at radius 2 is 2.38 bits per heavy atom. The molecule has 0 bridgehead atoms. The van der Waals surface area contributed by atoms with Gasteiger partial charge < -0.3 is 15.5 Å². The Morgan fingerprint density at radius 1 is 1.69 bits per heavy atom. The summed E-state index contributed by atoms with van der Waals surface area (Å²) in [6, 6.07) is 3.57. The van der Waals surface area contributed by atoms with Crippen LogP contribution in [-0.2, 0) is 11.3 Å². The van der Waals surface area contributed by atoms with Gasteiger partial charge in [0, 0.05) is 0 Å². The van der Waals surface area contributed by atoms with Crippen molar-refractivity contribution in [2.75, 3.05) is 0 Å². The van der Waals surface area contributed by atoms with Crippen LogP contribution in [0.5, 0.6) is 0 Å². The summed E-state index contributed by atoms with van der Waals surface area (Å²) in [4.78, 5) is 11.3. The molecule has 1 aromatic heterocycles. The van der Waals surface area contributed by atoms with Crippen LogP contribution in [0.2, 0.25) is 0 Å². The minimum atomic E-state index is -0.841. The second-order valence-corrected chi connectivity index (χ2v) is 3.48. The molecule has 1 heterocycles. The summed E-state index contributed by atoms with van der Waals surface area (Å²) >= 11 is 0. The molecule has 0 aliphatic carbocycles. The summed E-state index contributed by atoms with van der Waals surface area (Å²) in [5.74, 6) is 0.529. The van der Waals surface area contributed by atoms with E-state index >= 15 is 0 Å². The highest BCUT2D eigenvalue weighted by Gasteiger charge is 2.21. The average Bonchev–Trinajstić information content (AvgIpc) is 2.50. The molecule has 0 aliphatic rings. The Morgan fingerprint density at radius 3 is 2.85 bits per heavy atom. The van der Waals surface area contributed by atoms with Crippen LogP contribution < -0.4 is 11.1 Å². The highest BCUT2D eigenvalue weighted by atomic mass is 16.3. The number of hydrogen-bond acceptors (Lipinski definition) is 3. The molecule has 3 N–H and O–H groups in total. The van der Waals surface area contributed by atoms with Crippen molar-refractivity contribution in [2.45, 2.75) is 25.9 Å². The van der Waals surface area contributed by atoms with Crippen LogP contribution in [0.3, 0.4) is 0 Å². The van der Waals surface area contributed by atoms with Gasteiger partial charge in [-0.3, -0.25) is 4.79 Å². The van der Waals surface area contributed by atoms with E-state index in [9.17, 15) is 4.79 Å². The summed E-state index contributed by atoms with van der Waals surface area (Å²) in [5.41, 5.74) is 4.74. The lowest BCUT2D eigenvalue weighted by Gasteiger charge is -2.16. The Hall–Kier alpha value is -1.29. The lowest BCUT2D eigenvalue weighted by atomic mass is 10.1. The van der Waals surface area contributed by atoms with Crippen molar-refractivity contribution in [2.24, 2.45) is 5.73 Å². The van der Waals surface area contributed by atoms with E-state index in [1.54, 1.807) is 32.2 Å². The Labute approximate surface area is 77.1 Å². The van der Waals surface area contributed by atoms with Crippen molar-refractivity contribution < 1.29 is 9.21 Å². The van der Waals surface area contributed by atoms with Gasteiger partial charge in [-0.25, -0.2) is 0 Å². The zero-order valence-corrected chi connectivity index (χ0v) is 7.83. The smallest absolute Gasteiger partial charge is 0.239 e. The number of amides is 1. The topological polar surface area (TPSA) is 68.3 Å². The van der Waals surface area contributed by atoms with E-state index in [-0.39, 0.29) is 5.91 Å². The molecule has 0 aromatic carbocycles. The predicted octanol–water partition coefficient (Wildman–Crippen LogP) is 0.633. The van der Waals surface area contributed by atoms with Crippen LogP contribution in [0.15, 0.2) is 22.8 Å². The van der Waals surface area contributed by atoms with Gasteiger partial charge in [0.1, 0.15) is 5.76 Å². The lowest BCUT2D eigenvalue weighted by molar-refractivity contribution is -0.125. The maximum absolute atomic E-state index is 11.3. The molecule has 1 rings (SSSR count). The van der Waals surface area contributed by atoms with Crippen molar-refractivity contribution in [3.63, 3.8) is 0 Å². The first kappa shape index (κ1) is 9.80. The monoisotopic (exact) mass is 182 g/mol. The minimum Gasteiger partial charge on any atom is -0.467 e. The SMILES string of the molecule is CC(C)(N)C(=O)NCc1ccco1. The largest absolute Gasteiger partial charge is 0.467 e. The molecule has 1 aromatic rings. The molecular formula is C9H14N2O2. The van der Waals surface area contributed by atoms with Crippen LogP contribution in [0.25, 0.3) is 0 Å². The summed E-state index contributed by atoms with van der Waals surface area (Å²) < 4.78 is 5.04. The summed E-state index contributed by atoms with van der Waals surface area (Å²) in [5, 5.41) is 2.67. The number of carbonyl (C=O) groups is 1. The first-order valence-corrected chi connectivity index (χ1v) is 4.10. The van der Waals surface area contributed by atoms with Gasteiger partial charge in [-0.1, -0.05) is 0 Å². The molecule has 0 aliphatic heterocycles. The van der Waals surface area contributed by atoms with Crippen molar-refractivity contribution in [3.05, 3.63) is 24.2 Å². The molecule has 0 atom stereocenters. The maximum atomic E-state index is 11.3. The van der Waals surface area contributed by atoms with Crippen LogP contribution in [0, 0.1) is 0 Å². The third-order valence-electron chi connectivity index (χ3n) is 1.59. The van der Waals surface area contributed by atoms with Crippen LogP contribution >= 0.6 is 0 Å². The predicted molar refractivity (Wildman–Crippen MR) is 48.8 cm³/mol. The zero-order chi connectivity index (χ0) is 9.90. The molecular weight excluding hydrogens is 168 g/mol. The number of carbonyl (C=O) groups excluding carboxylic acids is 1. The van der Waals surface area contributed by atoms with E-state index in [1.165, 1.54) is 0 Å². The van der Waals surface area contributed by atoms with E-state index in [1.807, 2.05) is 0 Å². The fourth-order valence-corrected chi connectivity index (χ4v) is 0.808. The van der Waals surface area contributed by atoms with Crippen molar-refractivity contribution >= 4 is 5.91 Å². The second-order valence-electron chi connectivity index (χ2n) is 3.48. The van der Waals surface area contributed by atoms with Gasteiger partial charge in [-0.05, 0) is 26.0 Å². The molecule has 0 fully saturated rings. The number of nitrogens with one attached hydrogen (secondary N) is 1.